The van der Waals surface area contributed by atoms with Crippen molar-refractivity contribution < 1.29 is 4.74 Å². The van der Waals surface area contributed by atoms with Crippen molar-refractivity contribution in [1.82, 2.24) is 24.7 Å². The highest BCUT2D eigenvalue weighted by Crippen LogP contribution is 2.39. The largest absolute Gasteiger partial charge is 0.379 e. The van der Waals surface area contributed by atoms with E-state index in [9.17, 15) is 0 Å². The lowest BCUT2D eigenvalue weighted by atomic mass is 10.0. The maximum atomic E-state index is 5.84. The standard InChI is InChI=1S/C25H29N5OS/c32-25-27-23(21-10-4-5-12-26-21)24(30(25)15-7-13-28-16-18-31-19-17-28)22-11-6-14-29(22)20-8-2-1-3-9-20/h1-6,8-12,14,23-24H,7,13,15-19H2,(H,27,32)/t23-,24+/m0/s1. The predicted molar refractivity (Wildman–Crippen MR) is 130 cm³/mol. The molecule has 1 N–H and O–H groups in total. The van der Waals surface area contributed by atoms with Crippen LogP contribution in [0.15, 0.2) is 73.1 Å². The number of nitrogens with zero attached hydrogens (tertiary/aromatic N) is 4. The third-order valence-electron chi connectivity index (χ3n) is 6.29. The van der Waals surface area contributed by atoms with Crippen LogP contribution in [-0.4, -0.2) is 63.9 Å². The van der Waals surface area contributed by atoms with Crippen LogP contribution in [0.2, 0.25) is 0 Å². The molecule has 2 atom stereocenters. The molecule has 2 aliphatic rings. The maximum Gasteiger partial charge on any atom is 0.170 e. The van der Waals surface area contributed by atoms with Gasteiger partial charge in [-0.05, 0) is 55.0 Å². The van der Waals surface area contributed by atoms with Gasteiger partial charge in [-0.15, -0.1) is 0 Å². The number of hydrogen-bond donors (Lipinski definition) is 1. The molecule has 2 saturated heterocycles. The first kappa shape index (κ1) is 21.1. The summed E-state index contributed by atoms with van der Waals surface area (Å²) in [5, 5.41) is 4.37. The number of aromatic nitrogens is 2. The molecule has 2 aliphatic heterocycles. The Morgan fingerprint density at radius 3 is 2.56 bits per heavy atom. The number of nitrogens with one attached hydrogen (secondary N) is 1. The number of benzene rings is 1. The zero-order valence-electron chi connectivity index (χ0n) is 18.1. The third-order valence-corrected chi connectivity index (χ3v) is 6.64. The Bertz CT molecular complexity index is 1020. The number of thiocarbonyl (C=S) groups is 1. The topological polar surface area (TPSA) is 45.6 Å². The fraction of sp³-hybridized carbons (Fsp3) is 0.360. The van der Waals surface area contributed by atoms with Crippen molar-refractivity contribution >= 4 is 17.3 Å². The first-order chi connectivity index (χ1) is 15.8. The van der Waals surface area contributed by atoms with Crippen molar-refractivity contribution in [3.05, 3.63) is 84.4 Å². The SMILES string of the molecule is S=C1N[C@@H](c2ccccn2)[C@@H](c2cccn2-c2ccccc2)N1CCCN1CCOCC1. The number of pyridine rings is 1. The van der Waals surface area contributed by atoms with Gasteiger partial charge in [0.15, 0.2) is 5.11 Å². The first-order valence-electron chi connectivity index (χ1n) is 11.3. The second-order valence-electron chi connectivity index (χ2n) is 8.27. The number of para-hydroxylation sites is 1. The Kier molecular flexibility index (Phi) is 6.48. The van der Waals surface area contributed by atoms with Gasteiger partial charge in [-0.25, -0.2) is 0 Å². The van der Waals surface area contributed by atoms with Crippen LogP contribution in [0.3, 0.4) is 0 Å². The smallest absolute Gasteiger partial charge is 0.170 e. The molecule has 0 bridgehead atoms. The molecule has 0 saturated carbocycles. The molecule has 1 aromatic carbocycles. The lowest BCUT2D eigenvalue weighted by molar-refractivity contribution is 0.0365. The number of hydrogen-bond acceptors (Lipinski definition) is 4. The Morgan fingerprint density at radius 1 is 0.969 bits per heavy atom. The van der Waals surface area contributed by atoms with Gasteiger partial charge in [-0.2, -0.15) is 0 Å². The van der Waals surface area contributed by atoms with E-state index >= 15 is 0 Å². The van der Waals surface area contributed by atoms with E-state index < -0.39 is 0 Å². The molecule has 0 radical (unpaired) electrons. The molecule has 0 spiro atoms. The highest BCUT2D eigenvalue weighted by molar-refractivity contribution is 7.80. The molecule has 0 amide bonds. The lowest BCUT2D eigenvalue weighted by Gasteiger charge is -2.31. The first-order valence-corrected chi connectivity index (χ1v) is 11.7. The molecular weight excluding hydrogens is 418 g/mol. The van der Waals surface area contributed by atoms with Gasteiger partial charge >= 0.3 is 0 Å². The molecule has 5 rings (SSSR count). The summed E-state index contributed by atoms with van der Waals surface area (Å²) in [6.07, 6.45) is 5.04. The van der Waals surface area contributed by atoms with Gasteiger partial charge in [0.25, 0.3) is 0 Å². The molecule has 0 unspecified atom stereocenters. The molecule has 2 aromatic heterocycles. The molecule has 7 heteroatoms. The fourth-order valence-electron chi connectivity index (χ4n) is 4.72. The fourth-order valence-corrected chi connectivity index (χ4v) is 5.05. The molecule has 0 aliphatic carbocycles. The molecule has 166 valence electrons. The van der Waals surface area contributed by atoms with Crippen molar-refractivity contribution in [2.75, 3.05) is 39.4 Å². The summed E-state index contributed by atoms with van der Waals surface area (Å²) < 4.78 is 7.76. The van der Waals surface area contributed by atoms with Gasteiger partial charge in [0.1, 0.15) is 0 Å². The van der Waals surface area contributed by atoms with E-state index in [1.54, 1.807) is 0 Å². The van der Waals surface area contributed by atoms with Crippen LogP contribution in [0.1, 0.15) is 29.9 Å². The van der Waals surface area contributed by atoms with Crippen molar-refractivity contribution in [2.24, 2.45) is 0 Å². The minimum atomic E-state index is 0.00412. The normalized spacial score (nSPS) is 21.6. The van der Waals surface area contributed by atoms with E-state index in [4.69, 9.17) is 17.0 Å². The van der Waals surface area contributed by atoms with Gasteiger partial charge in [-0.3, -0.25) is 9.88 Å². The van der Waals surface area contributed by atoms with Crippen LogP contribution in [0.4, 0.5) is 0 Å². The van der Waals surface area contributed by atoms with Crippen LogP contribution in [0.25, 0.3) is 5.69 Å². The van der Waals surface area contributed by atoms with E-state index in [1.165, 1.54) is 5.69 Å². The average molecular weight is 448 g/mol. The summed E-state index contributed by atoms with van der Waals surface area (Å²) in [6, 6.07) is 21.0. The van der Waals surface area contributed by atoms with Crippen LogP contribution in [0, 0.1) is 0 Å². The Labute approximate surface area is 194 Å². The minimum absolute atomic E-state index is 0.00412. The van der Waals surface area contributed by atoms with Gasteiger partial charge in [-0.1, -0.05) is 24.3 Å². The summed E-state index contributed by atoms with van der Waals surface area (Å²) in [4.78, 5) is 9.50. The van der Waals surface area contributed by atoms with Crippen LogP contribution in [-0.2, 0) is 4.74 Å². The van der Waals surface area contributed by atoms with Crippen LogP contribution >= 0.6 is 12.2 Å². The number of ether oxygens (including phenoxy) is 1. The van der Waals surface area contributed by atoms with Crippen LogP contribution in [0.5, 0.6) is 0 Å². The minimum Gasteiger partial charge on any atom is -0.379 e. The molecule has 3 aromatic rings. The quantitative estimate of drug-likeness (QED) is 0.559. The zero-order chi connectivity index (χ0) is 21.8. The summed E-state index contributed by atoms with van der Waals surface area (Å²) in [5.74, 6) is 0. The summed E-state index contributed by atoms with van der Waals surface area (Å²) in [7, 11) is 0. The molecular formula is C25H29N5OS. The Morgan fingerprint density at radius 2 is 1.78 bits per heavy atom. The van der Waals surface area contributed by atoms with Crippen molar-refractivity contribution in [2.45, 2.75) is 18.5 Å². The van der Waals surface area contributed by atoms with Crippen molar-refractivity contribution in [3.63, 3.8) is 0 Å². The number of morpholine rings is 1. The summed E-state index contributed by atoms with van der Waals surface area (Å²) in [6.45, 7) is 5.65. The van der Waals surface area contributed by atoms with E-state index in [-0.39, 0.29) is 12.1 Å². The molecule has 6 nitrogen and oxygen atoms in total. The van der Waals surface area contributed by atoms with Gasteiger partial charge in [0.05, 0.1) is 31.0 Å². The highest BCUT2D eigenvalue weighted by Gasteiger charge is 2.41. The maximum absolute atomic E-state index is 5.84. The zero-order valence-corrected chi connectivity index (χ0v) is 19.0. The lowest BCUT2D eigenvalue weighted by Crippen LogP contribution is -2.39. The predicted octanol–water partition coefficient (Wildman–Crippen LogP) is 3.57. The third kappa shape index (κ3) is 4.41. The highest BCUT2D eigenvalue weighted by atomic mass is 32.1. The number of rotatable bonds is 7. The Balaban J connectivity index is 1.43. The van der Waals surface area contributed by atoms with Crippen LogP contribution < -0.4 is 5.32 Å². The van der Waals surface area contributed by atoms with Crippen molar-refractivity contribution in [3.8, 4) is 5.69 Å². The average Bonchev–Trinajstić information content (AvgIpc) is 3.45. The summed E-state index contributed by atoms with van der Waals surface area (Å²) in [5.41, 5.74) is 3.38. The summed E-state index contributed by atoms with van der Waals surface area (Å²) >= 11 is 5.84. The van der Waals surface area contributed by atoms with Gasteiger partial charge in [0, 0.05) is 50.0 Å². The Hall–Kier alpha value is -2.74. The van der Waals surface area contributed by atoms with Gasteiger partial charge in [0.2, 0.25) is 0 Å². The van der Waals surface area contributed by atoms with E-state index in [0.717, 1.165) is 62.3 Å². The monoisotopic (exact) mass is 447 g/mol. The van der Waals surface area contributed by atoms with E-state index in [0.29, 0.717) is 0 Å². The second kappa shape index (κ2) is 9.81. The van der Waals surface area contributed by atoms with Gasteiger partial charge < -0.3 is 19.5 Å². The van der Waals surface area contributed by atoms with Crippen molar-refractivity contribution in [1.29, 1.82) is 0 Å². The molecule has 4 heterocycles. The van der Waals surface area contributed by atoms with E-state index in [2.05, 4.69) is 73.3 Å². The molecule has 2 fully saturated rings. The van der Waals surface area contributed by atoms with E-state index in [1.807, 2.05) is 24.4 Å². The second-order valence-corrected chi connectivity index (χ2v) is 8.65. The molecule has 32 heavy (non-hydrogen) atoms.